The number of hydrogen-bond donors (Lipinski definition) is 0. The molecular weight excluding hydrogens is 128 g/mol. The molecule has 31 valence electrons. The average Bonchev–Trinajstić information content (AvgIpc) is 1.38. The lowest BCUT2D eigenvalue weighted by Crippen LogP contribution is -1.75. The standard InChI is InChI=1S/C4H8Br/c1-4(2)3-5/h3-4H,1-2H3. The summed E-state index contributed by atoms with van der Waals surface area (Å²) in [5.74, 6) is 0.676. The molecule has 1 radical (unpaired) electrons. The van der Waals surface area contributed by atoms with Gasteiger partial charge < -0.3 is 0 Å². The van der Waals surface area contributed by atoms with E-state index >= 15 is 0 Å². The lowest BCUT2D eigenvalue weighted by Gasteiger charge is -1.88. The SMILES string of the molecule is CC(C)[CH]Br. The molecule has 0 atom stereocenters. The summed E-state index contributed by atoms with van der Waals surface area (Å²) in [6.45, 7) is 4.24. The highest BCUT2D eigenvalue weighted by molar-refractivity contribution is 9.10. The maximum absolute atomic E-state index is 3.19. The second-order valence-corrected chi connectivity index (χ2v) is 1.90. The predicted octanol–water partition coefficient (Wildman–Crippen LogP) is 2.20. The summed E-state index contributed by atoms with van der Waals surface area (Å²) in [5, 5.41) is 1.98. The fourth-order valence-electron chi connectivity index (χ4n) is 0. The van der Waals surface area contributed by atoms with Gasteiger partial charge in [0.15, 0.2) is 0 Å². The first-order valence-electron chi connectivity index (χ1n) is 1.71. The van der Waals surface area contributed by atoms with Crippen molar-refractivity contribution in [2.24, 2.45) is 5.92 Å². The topological polar surface area (TPSA) is 0 Å². The van der Waals surface area contributed by atoms with E-state index in [9.17, 15) is 0 Å². The van der Waals surface area contributed by atoms with Gasteiger partial charge >= 0.3 is 0 Å². The van der Waals surface area contributed by atoms with Crippen molar-refractivity contribution in [3.05, 3.63) is 5.33 Å². The van der Waals surface area contributed by atoms with Crippen molar-refractivity contribution >= 4 is 15.9 Å². The molecule has 0 saturated carbocycles. The van der Waals surface area contributed by atoms with E-state index in [1.165, 1.54) is 0 Å². The summed E-state index contributed by atoms with van der Waals surface area (Å²) < 4.78 is 0. The average molecular weight is 136 g/mol. The van der Waals surface area contributed by atoms with E-state index in [2.05, 4.69) is 29.8 Å². The summed E-state index contributed by atoms with van der Waals surface area (Å²) >= 11 is 3.19. The van der Waals surface area contributed by atoms with Crippen LogP contribution in [-0.4, -0.2) is 0 Å². The van der Waals surface area contributed by atoms with Gasteiger partial charge in [-0.05, 0) is 5.92 Å². The van der Waals surface area contributed by atoms with Crippen LogP contribution in [0.3, 0.4) is 0 Å². The van der Waals surface area contributed by atoms with Gasteiger partial charge in [-0.3, -0.25) is 0 Å². The molecule has 0 spiro atoms. The molecular formula is C4H8Br. The van der Waals surface area contributed by atoms with Crippen LogP contribution >= 0.6 is 15.9 Å². The van der Waals surface area contributed by atoms with Crippen molar-refractivity contribution < 1.29 is 0 Å². The normalized spacial score (nSPS) is 9.60. The fourth-order valence-corrected chi connectivity index (χ4v) is 0. The van der Waals surface area contributed by atoms with Gasteiger partial charge in [0.2, 0.25) is 0 Å². The second-order valence-electron chi connectivity index (χ2n) is 1.37. The van der Waals surface area contributed by atoms with E-state index in [1.54, 1.807) is 0 Å². The van der Waals surface area contributed by atoms with Crippen LogP contribution in [0.2, 0.25) is 0 Å². The third-order valence-electron chi connectivity index (χ3n) is 0.252. The van der Waals surface area contributed by atoms with Crippen LogP contribution in [-0.2, 0) is 0 Å². The quantitative estimate of drug-likeness (QED) is 0.518. The molecule has 0 rings (SSSR count). The first kappa shape index (κ1) is 5.48. The smallest absolute Gasteiger partial charge is 0.0296 e. The van der Waals surface area contributed by atoms with Crippen LogP contribution in [0, 0.1) is 11.2 Å². The van der Waals surface area contributed by atoms with Gasteiger partial charge in [0.1, 0.15) is 0 Å². The predicted molar refractivity (Wildman–Crippen MR) is 28.1 cm³/mol. The molecule has 0 aromatic heterocycles. The summed E-state index contributed by atoms with van der Waals surface area (Å²) in [6, 6.07) is 0. The summed E-state index contributed by atoms with van der Waals surface area (Å²) in [4.78, 5) is 0. The Labute approximate surface area is 41.7 Å². The van der Waals surface area contributed by atoms with Gasteiger partial charge in [0.05, 0.1) is 0 Å². The van der Waals surface area contributed by atoms with Gasteiger partial charge in [0, 0.05) is 5.33 Å². The molecule has 1 heteroatoms. The van der Waals surface area contributed by atoms with E-state index in [-0.39, 0.29) is 0 Å². The largest absolute Gasteiger partial charge is 0.0876 e. The Balaban J connectivity index is 2.54. The van der Waals surface area contributed by atoms with Crippen LogP contribution in [0.1, 0.15) is 13.8 Å². The Hall–Kier alpha value is 0.480. The van der Waals surface area contributed by atoms with Crippen molar-refractivity contribution in [1.82, 2.24) is 0 Å². The van der Waals surface area contributed by atoms with E-state index in [4.69, 9.17) is 0 Å². The van der Waals surface area contributed by atoms with E-state index in [1.807, 2.05) is 5.33 Å². The van der Waals surface area contributed by atoms with Gasteiger partial charge in [-0.2, -0.15) is 0 Å². The van der Waals surface area contributed by atoms with Crippen LogP contribution in [0.4, 0.5) is 0 Å². The second kappa shape index (κ2) is 2.70. The van der Waals surface area contributed by atoms with Crippen LogP contribution in [0.5, 0.6) is 0 Å². The minimum Gasteiger partial charge on any atom is -0.0876 e. The highest BCUT2D eigenvalue weighted by Crippen LogP contribution is 2.01. The summed E-state index contributed by atoms with van der Waals surface area (Å²) in [5.41, 5.74) is 0. The molecule has 0 heterocycles. The third kappa shape index (κ3) is 4.48. The first-order valence-corrected chi connectivity index (χ1v) is 2.62. The van der Waals surface area contributed by atoms with E-state index in [0.29, 0.717) is 5.92 Å². The minimum atomic E-state index is 0.676. The molecule has 5 heavy (non-hydrogen) atoms. The minimum absolute atomic E-state index is 0.676. The maximum atomic E-state index is 3.19. The number of halogens is 1. The Morgan fingerprint density at radius 1 is 1.60 bits per heavy atom. The molecule has 0 unspecified atom stereocenters. The molecule has 0 nitrogen and oxygen atoms in total. The number of hydrogen-bond acceptors (Lipinski definition) is 0. The monoisotopic (exact) mass is 135 g/mol. The molecule has 0 aliphatic rings. The molecule has 0 aromatic carbocycles. The van der Waals surface area contributed by atoms with Gasteiger partial charge in [-0.25, -0.2) is 0 Å². The van der Waals surface area contributed by atoms with Crippen LogP contribution in [0.15, 0.2) is 0 Å². The Morgan fingerprint density at radius 3 is 1.80 bits per heavy atom. The molecule has 0 bridgehead atoms. The lowest BCUT2D eigenvalue weighted by atomic mass is 10.3. The van der Waals surface area contributed by atoms with Crippen LogP contribution in [0.25, 0.3) is 0 Å². The molecule has 0 saturated heterocycles. The van der Waals surface area contributed by atoms with Crippen molar-refractivity contribution in [2.75, 3.05) is 0 Å². The highest BCUT2D eigenvalue weighted by atomic mass is 79.9. The zero-order chi connectivity index (χ0) is 4.28. The van der Waals surface area contributed by atoms with E-state index in [0.717, 1.165) is 0 Å². The zero-order valence-electron chi connectivity index (χ0n) is 3.53. The molecule has 0 aliphatic carbocycles. The maximum Gasteiger partial charge on any atom is 0.0296 e. The summed E-state index contributed by atoms with van der Waals surface area (Å²) in [7, 11) is 0. The van der Waals surface area contributed by atoms with Gasteiger partial charge in [0.25, 0.3) is 0 Å². The molecule has 0 fully saturated rings. The highest BCUT2D eigenvalue weighted by Gasteiger charge is 1.82. The Kier molecular flexibility index (Phi) is 2.96. The van der Waals surface area contributed by atoms with Crippen molar-refractivity contribution in [3.63, 3.8) is 0 Å². The molecule has 0 aliphatic heterocycles. The molecule has 0 amide bonds. The number of rotatable bonds is 1. The Bertz CT molecular complexity index is 17.6. The van der Waals surface area contributed by atoms with Gasteiger partial charge in [-0.1, -0.05) is 29.8 Å². The summed E-state index contributed by atoms with van der Waals surface area (Å²) in [6.07, 6.45) is 0. The fraction of sp³-hybridized carbons (Fsp3) is 0.750. The first-order chi connectivity index (χ1) is 2.27. The zero-order valence-corrected chi connectivity index (χ0v) is 5.12. The van der Waals surface area contributed by atoms with E-state index < -0.39 is 0 Å². The van der Waals surface area contributed by atoms with Gasteiger partial charge in [-0.15, -0.1) is 0 Å². The van der Waals surface area contributed by atoms with Crippen LogP contribution < -0.4 is 0 Å². The molecule has 0 N–H and O–H groups in total. The molecule has 0 aromatic rings. The third-order valence-corrected chi connectivity index (χ3v) is 1.31. The van der Waals surface area contributed by atoms with Crippen molar-refractivity contribution in [2.45, 2.75) is 13.8 Å². The lowest BCUT2D eigenvalue weighted by molar-refractivity contribution is 0.816. The van der Waals surface area contributed by atoms with Crippen molar-refractivity contribution in [1.29, 1.82) is 0 Å². The Morgan fingerprint density at radius 2 is 1.80 bits per heavy atom. The van der Waals surface area contributed by atoms with Crippen molar-refractivity contribution in [3.8, 4) is 0 Å².